The van der Waals surface area contributed by atoms with Gasteiger partial charge in [-0.2, -0.15) is 0 Å². The number of anilines is 1. The van der Waals surface area contributed by atoms with E-state index in [-0.39, 0.29) is 6.10 Å². The fourth-order valence-electron chi connectivity index (χ4n) is 4.35. The van der Waals surface area contributed by atoms with Crippen LogP contribution in [0.3, 0.4) is 0 Å². The predicted molar refractivity (Wildman–Crippen MR) is 140 cm³/mol. The van der Waals surface area contributed by atoms with Crippen molar-refractivity contribution in [2.45, 2.75) is 39.3 Å². The van der Waals surface area contributed by atoms with E-state index >= 15 is 0 Å². The summed E-state index contributed by atoms with van der Waals surface area (Å²) in [6, 6.07) is 22.2. The number of nitrogens with one attached hydrogen (secondary N) is 1. The molecule has 186 valence electrons. The second-order valence-electron chi connectivity index (χ2n) is 9.41. The van der Waals surface area contributed by atoms with Crippen molar-refractivity contribution < 1.29 is 18.9 Å². The molecular formula is C29H31N3O4. The van der Waals surface area contributed by atoms with Crippen molar-refractivity contribution in [1.29, 1.82) is 0 Å². The van der Waals surface area contributed by atoms with Gasteiger partial charge in [0, 0.05) is 22.9 Å². The normalized spacial score (nSPS) is 16.7. The van der Waals surface area contributed by atoms with Crippen molar-refractivity contribution >= 4 is 16.6 Å². The standard InChI is InChI=1S/C29H31N3O4/c1-19-9-14-26(34-17-20-10-12-21(33-4)13-11-20)25(15-19)27-23-7-5-6-8-24(23)28(32-31-27)30-16-22-18-35-29(2,3)36-22/h5-15,22H,16-18H2,1-4H3,(H,30,32)/t22-/m0/s1. The molecule has 1 aliphatic rings. The van der Waals surface area contributed by atoms with Gasteiger partial charge in [-0.25, -0.2) is 0 Å². The summed E-state index contributed by atoms with van der Waals surface area (Å²) in [6.45, 7) is 7.47. The zero-order valence-corrected chi connectivity index (χ0v) is 21.1. The third kappa shape index (κ3) is 5.27. The average Bonchev–Trinajstić information content (AvgIpc) is 3.25. The number of methoxy groups -OCH3 is 1. The highest BCUT2D eigenvalue weighted by molar-refractivity contribution is 6.01. The molecule has 7 heteroatoms. The number of ether oxygens (including phenoxy) is 4. The molecule has 0 saturated carbocycles. The smallest absolute Gasteiger partial charge is 0.163 e. The fourth-order valence-corrected chi connectivity index (χ4v) is 4.35. The second-order valence-corrected chi connectivity index (χ2v) is 9.41. The molecule has 36 heavy (non-hydrogen) atoms. The van der Waals surface area contributed by atoms with Gasteiger partial charge in [-0.05, 0) is 50.6 Å². The van der Waals surface area contributed by atoms with Crippen LogP contribution in [0.5, 0.6) is 11.5 Å². The van der Waals surface area contributed by atoms with Crippen molar-refractivity contribution in [1.82, 2.24) is 10.2 Å². The summed E-state index contributed by atoms with van der Waals surface area (Å²) in [7, 11) is 1.66. The van der Waals surface area contributed by atoms with E-state index in [0.717, 1.165) is 50.5 Å². The minimum atomic E-state index is -0.558. The zero-order chi connectivity index (χ0) is 25.1. The number of benzene rings is 3. The monoisotopic (exact) mass is 485 g/mol. The van der Waals surface area contributed by atoms with E-state index in [4.69, 9.17) is 18.9 Å². The third-order valence-electron chi connectivity index (χ3n) is 6.20. The average molecular weight is 486 g/mol. The Morgan fingerprint density at radius 3 is 2.50 bits per heavy atom. The molecule has 1 atom stereocenters. The van der Waals surface area contributed by atoms with Crippen molar-refractivity contribution in [2.75, 3.05) is 25.6 Å². The maximum atomic E-state index is 6.27. The topological polar surface area (TPSA) is 74.7 Å². The molecule has 7 nitrogen and oxygen atoms in total. The molecule has 0 amide bonds. The maximum Gasteiger partial charge on any atom is 0.163 e. The van der Waals surface area contributed by atoms with Crippen LogP contribution in [-0.4, -0.2) is 42.3 Å². The Hall–Kier alpha value is -3.68. The third-order valence-corrected chi connectivity index (χ3v) is 6.20. The minimum absolute atomic E-state index is 0.0463. The fraction of sp³-hybridized carbons (Fsp3) is 0.310. The molecule has 1 saturated heterocycles. The second kappa shape index (κ2) is 10.1. The Balaban J connectivity index is 1.42. The van der Waals surface area contributed by atoms with Crippen LogP contribution >= 0.6 is 0 Å². The first kappa shape index (κ1) is 24.0. The summed E-state index contributed by atoms with van der Waals surface area (Å²) >= 11 is 0. The summed E-state index contributed by atoms with van der Waals surface area (Å²) in [5, 5.41) is 14.6. The molecule has 2 heterocycles. The molecule has 3 aromatic carbocycles. The van der Waals surface area contributed by atoms with Gasteiger partial charge in [0.2, 0.25) is 0 Å². The quantitative estimate of drug-likeness (QED) is 0.340. The van der Waals surface area contributed by atoms with Gasteiger partial charge in [0.15, 0.2) is 11.6 Å². The highest BCUT2D eigenvalue weighted by atomic mass is 16.7. The number of aryl methyl sites for hydroxylation is 1. The maximum absolute atomic E-state index is 6.27. The van der Waals surface area contributed by atoms with Crippen LogP contribution in [0.25, 0.3) is 22.0 Å². The van der Waals surface area contributed by atoms with Crippen molar-refractivity contribution in [3.05, 3.63) is 77.9 Å². The zero-order valence-electron chi connectivity index (χ0n) is 21.1. The van der Waals surface area contributed by atoms with Gasteiger partial charge in [-0.1, -0.05) is 48.0 Å². The number of hydrogen-bond acceptors (Lipinski definition) is 7. The van der Waals surface area contributed by atoms with Gasteiger partial charge in [0.25, 0.3) is 0 Å². The van der Waals surface area contributed by atoms with Gasteiger partial charge in [-0.15, -0.1) is 10.2 Å². The van der Waals surface area contributed by atoms with Crippen molar-refractivity contribution in [2.24, 2.45) is 0 Å². The number of nitrogens with zero attached hydrogens (tertiary/aromatic N) is 2. The van der Waals surface area contributed by atoms with E-state index in [1.54, 1.807) is 7.11 Å². The lowest BCUT2D eigenvalue weighted by atomic mass is 10.0. The largest absolute Gasteiger partial charge is 0.497 e. The minimum Gasteiger partial charge on any atom is -0.497 e. The summed E-state index contributed by atoms with van der Waals surface area (Å²) in [6.07, 6.45) is -0.0463. The van der Waals surface area contributed by atoms with Crippen LogP contribution in [0, 0.1) is 6.92 Å². The molecule has 0 spiro atoms. The Kier molecular flexibility index (Phi) is 6.76. The molecule has 0 unspecified atom stereocenters. The summed E-state index contributed by atoms with van der Waals surface area (Å²) in [5.41, 5.74) is 3.87. The molecule has 1 aliphatic heterocycles. The van der Waals surface area contributed by atoms with Crippen LogP contribution in [-0.2, 0) is 16.1 Å². The van der Waals surface area contributed by atoms with Crippen LogP contribution in [0.4, 0.5) is 5.82 Å². The van der Waals surface area contributed by atoms with Crippen LogP contribution < -0.4 is 14.8 Å². The Bertz CT molecular complexity index is 1350. The van der Waals surface area contributed by atoms with Gasteiger partial charge < -0.3 is 24.3 Å². The SMILES string of the molecule is COc1ccc(COc2ccc(C)cc2-c2nnc(NC[C@H]3COC(C)(C)O3)c3ccccc23)cc1. The van der Waals surface area contributed by atoms with Crippen LogP contribution in [0.2, 0.25) is 0 Å². The van der Waals surface area contributed by atoms with E-state index < -0.39 is 5.79 Å². The van der Waals surface area contributed by atoms with Crippen LogP contribution in [0.1, 0.15) is 25.0 Å². The number of aromatic nitrogens is 2. The van der Waals surface area contributed by atoms with E-state index in [1.165, 1.54) is 0 Å². The molecule has 1 fully saturated rings. The van der Waals surface area contributed by atoms with E-state index in [9.17, 15) is 0 Å². The molecule has 4 aromatic rings. The Morgan fingerprint density at radius 1 is 1.00 bits per heavy atom. The van der Waals surface area contributed by atoms with E-state index in [2.05, 4.69) is 40.6 Å². The lowest BCUT2D eigenvalue weighted by molar-refractivity contribution is -0.136. The van der Waals surface area contributed by atoms with Crippen molar-refractivity contribution in [3.8, 4) is 22.8 Å². The molecule has 1 aromatic heterocycles. The molecule has 5 rings (SSSR count). The lowest BCUT2D eigenvalue weighted by Crippen LogP contribution is -2.26. The Morgan fingerprint density at radius 2 is 1.78 bits per heavy atom. The van der Waals surface area contributed by atoms with Gasteiger partial charge in [0.05, 0.1) is 13.7 Å². The first-order chi connectivity index (χ1) is 17.4. The number of rotatable bonds is 8. The summed E-state index contributed by atoms with van der Waals surface area (Å²) < 4.78 is 23.1. The summed E-state index contributed by atoms with van der Waals surface area (Å²) in [5.74, 6) is 1.74. The molecule has 0 radical (unpaired) electrons. The van der Waals surface area contributed by atoms with E-state index in [0.29, 0.717) is 19.8 Å². The van der Waals surface area contributed by atoms with Gasteiger partial charge >= 0.3 is 0 Å². The highest BCUT2D eigenvalue weighted by Crippen LogP contribution is 2.36. The highest BCUT2D eigenvalue weighted by Gasteiger charge is 2.32. The van der Waals surface area contributed by atoms with E-state index in [1.807, 2.05) is 62.4 Å². The Labute approximate surface area is 211 Å². The molecule has 1 N–H and O–H groups in total. The number of hydrogen-bond donors (Lipinski definition) is 1. The number of fused-ring (bicyclic) bond motifs is 1. The lowest BCUT2D eigenvalue weighted by Gasteiger charge is -2.18. The molecular weight excluding hydrogens is 454 g/mol. The molecule has 0 aliphatic carbocycles. The first-order valence-electron chi connectivity index (χ1n) is 12.1. The van der Waals surface area contributed by atoms with Gasteiger partial charge in [0.1, 0.15) is 29.9 Å². The first-order valence-corrected chi connectivity index (χ1v) is 12.1. The van der Waals surface area contributed by atoms with Gasteiger partial charge in [-0.3, -0.25) is 0 Å². The predicted octanol–water partition coefficient (Wildman–Crippen LogP) is 5.76. The van der Waals surface area contributed by atoms with Crippen LogP contribution in [0.15, 0.2) is 66.7 Å². The summed E-state index contributed by atoms with van der Waals surface area (Å²) in [4.78, 5) is 0. The van der Waals surface area contributed by atoms with Crippen molar-refractivity contribution in [3.63, 3.8) is 0 Å². The molecule has 0 bridgehead atoms.